The molecule has 0 radical (unpaired) electrons. The van der Waals surface area contributed by atoms with E-state index in [1.54, 1.807) is 6.92 Å². The van der Waals surface area contributed by atoms with E-state index >= 15 is 0 Å². The molecule has 96 valence electrons. The van der Waals surface area contributed by atoms with Crippen molar-refractivity contribution < 1.29 is 23.0 Å². The highest BCUT2D eigenvalue weighted by atomic mass is 19.4. The van der Waals surface area contributed by atoms with Crippen LogP contribution in [0.4, 0.5) is 18.9 Å². The molecule has 0 amide bonds. The minimum Gasteiger partial charge on any atom is -0.491 e. The predicted molar refractivity (Wildman–Crippen MR) is 58.2 cm³/mol. The molecule has 3 nitrogen and oxygen atoms in total. The van der Waals surface area contributed by atoms with Crippen LogP contribution < -0.4 is 10.1 Å². The van der Waals surface area contributed by atoms with Gasteiger partial charge in [0.25, 0.3) is 0 Å². The average Bonchev–Trinajstić information content (AvgIpc) is 2.26. The van der Waals surface area contributed by atoms with Crippen molar-refractivity contribution in [3.05, 3.63) is 23.8 Å². The van der Waals surface area contributed by atoms with E-state index in [1.165, 1.54) is 12.1 Å². The summed E-state index contributed by atoms with van der Waals surface area (Å²) >= 11 is 0. The summed E-state index contributed by atoms with van der Waals surface area (Å²) < 4.78 is 43.1. The third-order valence-corrected chi connectivity index (χ3v) is 2.02. The van der Waals surface area contributed by atoms with Gasteiger partial charge in [0, 0.05) is 12.2 Å². The molecule has 6 heteroatoms. The van der Waals surface area contributed by atoms with E-state index in [0.717, 1.165) is 6.07 Å². The Hall–Kier alpha value is -1.43. The molecule has 0 atom stereocenters. The number of hydrogen-bond acceptors (Lipinski definition) is 3. The summed E-state index contributed by atoms with van der Waals surface area (Å²) in [5, 5.41) is 11.2. The zero-order valence-corrected chi connectivity index (χ0v) is 9.34. The molecule has 17 heavy (non-hydrogen) atoms. The maximum Gasteiger partial charge on any atom is 0.418 e. The molecule has 0 heterocycles. The molecule has 0 aliphatic carbocycles. The van der Waals surface area contributed by atoms with Gasteiger partial charge in [0.05, 0.1) is 12.2 Å². The molecular weight excluding hydrogens is 235 g/mol. The van der Waals surface area contributed by atoms with Crippen LogP contribution in [0, 0.1) is 0 Å². The summed E-state index contributed by atoms with van der Waals surface area (Å²) in [6, 6.07) is 3.68. The van der Waals surface area contributed by atoms with Gasteiger partial charge in [-0.05, 0) is 25.1 Å². The van der Waals surface area contributed by atoms with Crippen molar-refractivity contribution in [3.63, 3.8) is 0 Å². The maximum absolute atomic E-state index is 12.7. The number of anilines is 1. The number of aliphatic hydroxyl groups excluding tert-OH is 1. The maximum atomic E-state index is 12.7. The van der Waals surface area contributed by atoms with Crippen LogP contribution in [0.5, 0.6) is 5.75 Å². The molecule has 0 aliphatic heterocycles. The lowest BCUT2D eigenvalue weighted by Crippen LogP contribution is -2.11. The minimum atomic E-state index is -4.43. The zero-order chi connectivity index (χ0) is 12.9. The highest BCUT2D eigenvalue weighted by Gasteiger charge is 2.33. The Morgan fingerprint density at radius 3 is 2.59 bits per heavy atom. The first-order chi connectivity index (χ1) is 7.99. The van der Waals surface area contributed by atoms with Gasteiger partial charge in [0.15, 0.2) is 0 Å². The first kappa shape index (κ1) is 13.6. The van der Waals surface area contributed by atoms with Gasteiger partial charge in [-0.1, -0.05) is 0 Å². The molecule has 1 aromatic carbocycles. The van der Waals surface area contributed by atoms with Crippen molar-refractivity contribution in [2.75, 3.05) is 25.1 Å². The quantitative estimate of drug-likeness (QED) is 0.842. The Labute approximate surface area is 97.2 Å². The van der Waals surface area contributed by atoms with Crippen LogP contribution >= 0.6 is 0 Å². The lowest BCUT2D eigenvalue weighted by atomic mass is 10.1. The summed E-state index contributed by atoms with van der Waals surface area (Å²) in [7, 11) is 0. The molecule has 0 saturated carbocycles. The Morgan fingerprint density at radius 2 is 2.06 bits per heavy atom. The molecule has 1 rings (SSSR count). The molecule has 0 spiro atoms. The Kier molecular flexibility index (Phi) is 4.62. The highest BCUT2D eigenvalue weighted by molar-refractivity contribution is 5.55. The van der Waals surface area contributed by atoms with Crippen LogP contribution in [0.2, 0.25) is 0 Å². The van der Waals surface area contributed by atoms with Gasteiger partial charge in [0.2, 0.25) is 0 Å². The monoisotopic (exact) mass is 249 g/mol. The second-order valence-electron chi connectivity index (χ2n) is 3.31. The van der Waals surface area contributed by atoms with Crippen LogP contribution in [0.3, 0.4) is 0 Å². The number of nitrogens with one attached hydrogen (secondary N) is 1. The Balaban J connectivity index is 3.01. The van der Waals surface area contributed by atoms with Crippen molar-refractivity contribution in [1.82, 2.24) is 0 Å². The topological polar surface area (TPSA) is 41.5 Å². The number of alkyl halides is 3. The lowest BCUT2D eigenvalue weighted by Gasteiger charge is -2.15. The molecular formula is C11H14F3NO2. The molecule has 0 bridgehead atoms. The van der Waals surface area contributed by atoms with Crippen molar-refractivity contribution in [2.45, 2.75) is 13.1 Å². The van der Waals surface area contributed by atoms with Gasteiger partial charge in [-0.15, -0.1) is 0 Å². The minimum absolute atomic E-state index is 0.0244. The standard InChI is InChI=1S/C11H14F3NO2/c1-2-15-10-4-3-8(17-6-5-16)7-9(10)11(12,13)14/h3-4,7,15-16H,2,5-6H2,1H3. The van der Waals surface area contributed by atoms with Gasteiger partial charge in [-0.2, -0.15) is 13.2 Å². The van der Waals surface area contributed by atoms with Gasteiger partial charge in [-0.25, -0.2) is 0 Å². The summed E-state index contributed by atoms with van der Waals surface area (Å²) in [6.07, 6.45) is -4.43. The average molecular weight is 249 g/mol. The fraction of sp³-hybridized carbons (Fsp3) is 0.455. The van der Waals surface area contributed by atoms with Gasteiger partial charge in [-0.3, -0.25) is 0 Å². The van der Waals surface area contributed by atoms with E-state index in [0.29, 0.717) is 6.54 Å². The molecule has 0 saturated heterocycles. The summed E-state index contributed by atoms with van der Waals surface area (Å²) in [5.74, 6) is 0.0908. The van der Waals surface area contributed by atoms with Gasteiger partial charge in [0.1, 0.15) is 12.4 Å². The van der Waals surface area contributed by atoms with Crippen molar-refractivity contribution >= 4 is 5.69 Å². The van der Waals surface area contributed by atoms with Crippen LogP contribution in [0.25, 0.3) is 0 Å². The Morgan fingerprint density at radius 1 is 1.35 bits per heavy atom. The number of benzene rings is 1. The molecule has 0 aliphatic rings. The summed E-state index contributed by atoms with van der Waals surface area (Å²) in [5.41, 5.74) is -0.744. The third kappa shape index (κ3) is 3.81. The fourth-order valence-corrected chi connectivity index (χ4v) is 1.36. The van der Waals surface area contributed by atoms with Crippen LogP contribution in [-0.4, -0.2) is 24.9 Å². The predicted octanol–water partition coefficient (Wildman–Crippen LogP) is 2.51. The number of aliphatic hydroxyl groups is 1. The molecule has 1 aromatic rings. The highest BCUT2D eigenvalue weighted by Crippen LogP contribution is 2.37. The van der Waals surface area contributed by atoms with E-state index < -0.39 is 11.7 Å². The summed E-state index contributed by atoms with van der Waals surface area (Å²) in [6.45, 7) is 1.85. The molecule has 0 unspecified atom stereocenters. The van der Waals surface area contributed by atoms with E-state index in [-0.39, 0.29) is 24.7 Å². The van der Waals surface area contributed by atoms with Gasteiger partial charge < -0.3 is 15.2 Å². The van der Waals surface area contributed by atoms with Gasteiger partial charge >= 0.3 is 6.18 Å². The SMILES string of the molecule is CCNc1ccc(OCCO)cc1C(F)(F)F. The number of rotatable bonds is 5. The van der Waals surface area contributed by atoms with Crippen molar-refractivity contribution in [1.29, 1.82) is 0 Å². The Bertz CT molecular complexity index is 366. The summed E-state index contributed by atoms with van der Waals surface area (Å²) in [4.78, 5) is 0. The molecule has 2 N–H and O–H groups in total. The largest absolute Gasteiger partial charge is 0.491 e. The van der Waals surface area contributed by atoms with Crippen LogP contribution in [0.1, 0.15) is 12.5 Å². The molecule has 0 aromatic heterocycles. The van der Waals surface area contributed by atoms with E-state index in [4.69, 9.17) is 9.84 Å². The first-order valence-corrected chi connectivity index (χ1v) is 5.17. The van der Waals surface area contributed by atoms with E-state index in [2.05, 4.69) is 5.32 Å². The fourth-order valence-electron chi connectivity index (χ4n) is 1.36. The first-order valence-electron chi connectivity index (χ1n) is 5.17. The normalized spacial score (nSPS) is 11.4. The van der Waals surface area contributed by atoms with E-state index in [1.807, 2.05) is 0 Å². The number of hydrogen-bond donors (Lipinski definition) is 2. The smallest absolute Gasteiger partial charge is 0.418 e. The second-order valence-corrected chi connectivity index (χ2v) is 3.31. The van der Waals surface area contributed by atoms with E-state index in [9.17, 15) is 13.2 Å². The van der Waals surface area contributed by atoms with Crippen molar-refractivity contribution in [2.24, 2.45) is 0 Å². The lowest BCUT2D eigenvalue weighted by molar-refractivity contribution is -0.137. The number of ether oxygens (including phenoxy) is 1. The van der Waals surface area contributed by atoms with Crippen molar-refractivity contribution in [3.8, 4) is 5.75 Å². The third-order valence-electron chi connectivity index (χ3n) is 2.02. The van der Waals surface area contributed by atoms with Crippen LogP contribution in [-0.2, 0) is 6.18 Å². The number of halogens is 3. The van der Waals surface area contributed by atoms with Crippen LogP contribution in [0.15, 0.2) is 18.2 Å². The molecule has 0 fully saturated rings. The zero-order valence-electron chi connectivity index (χ0n) is 9.34. The second kappa shape index (κ2) is 5.77.